The van der Waals surface area contributed by atoms with Crippen molar-refractivity contribution in [1.29, 1.82) is 0 Å². The summed E-state index contributed by atoms with van der Waals surface area (Å²) >= 11 is 0. The van der Waals surface area contributed by atoms with Gasteiger partial charge in [0.25, 0.3) is 11.8 Å². The molecule has 7 heteroatoms. The Bertz CT molecular complexity index is 1070. The van der Waals surface area contributed by atoms with Gasteiger partial charge >= 0.3 is 0 Å². The molecule has 164 valence electrons. The minimum absolute atomic E-state index is 0.286. The predicted molar refractivity (Wildman–Crippen MR) is 122 cm³/mol. The van der Waals surface area contributed by atoms with Crippen LogP contribution in [-0.2, 0) is 0 Å². The first-order valence-electron chi connectivity index (χ1n) is 10.8. The molecule has 2 N–H and O–H groups in total. The summed E-state index contributed by atoms with van der Waals surface area (Å²) in [6.45, 7) is 2.83. The molecule has 0 fully saturated rings. The number of benzene rings is 2. The molecular weight excluding hydrogens is 404 g/mol. The number of hydrogen-bond donors (Lipinski definition) is 2. The highest BCUT2D eigenvalue weighted by molar-refractivity contribution is 6.03. The number of para-hydroxylation sites is 1. The van der Waals surface area contributed by atoms with E-state index in [1.807, 2.05) is 36.4 Å². The van der Waals surface area contributed by atoms with Gasteiger partial charge in [0, 0.05) is 23.6 Å². The SMILES string of the molecule is CCCCCOc1ccc(C2Nc3ccccc3C(=O)N2NC(=O)c2ccncc2)cc1. The highest BCUT2D eigenvalue weighted by atomic mass is 16.5. The number of unbranched alkanes of at least 4 members (excludes halogenated alkanes) is 2. The van der Waals surface area contributed by atoms with Crippen LogP contribution in [0.5, 0.6) is 5.75 Å². The second kappa shape index (κ2) is 9.96. The lowest BCUT2D eigenvalue weighted by molar-refractivity contribution is 0.0491. The topological polar surface area (TPSA) is 83.6 Å². The van der Waals surface area contributed by atoms with E-state index in [0.717, 1.165) is 36.3 Å². The number of hydrogen-bond acceptors (Lipinski definition) is 5. The molecule has 0 saturated heterocycles. The number of nitrogens with zero attached hydrogens (tertiary/aromatic N) is 2. The summed E-state index contributed by atoms with van der Waals surface area (Å²) in [4.78, 5) is 30.0. The number of aromatic nitrogens is 1. The fourth-order valence-corrected chi connectivity index (χ4v) is 3.57. The molecule has 0 aliphatic carbocycles. The van der Waals surface area contributed by atoms with Gasteiger partial charge in [0.05, 0.1) is 12.2 Å². The molecule has 3 aromatic rings. The Morgan fingerprint density at radius 2 is 1.81 bits per heavy atom. The van der Waals surface area contributed by atoms with Gasteiger partial charge in [0.1, 0.15) is 11.9 Å². The Balaban J connectivity index is 1.58. The molecule has 0 bridgehead atoms. The summed E-state index contributed by atoms with van der Waals surface area (Å²) in [6, 6.07) is 18.0. The van der Waals surface area contributed by atoms with Gasteiger partial charge in [0.15, 0.2) is 0 Å². The monoisotopic (exact) mass is 430 g/mol. The third kappa shape index (κ3) is 4.72. The maximum atomic E-state index is 13.3. The number of rotatable bonds is 8. The largest absolute Gasteiger partial charge is 0.494 e. The van der Waals surface area contributed by atoms with Crippen LogP contribution in [0.4, 0.5) is 5.69 Å². The lowest BCUT2D eigenvalue weighted by atomic mass is 10.0. The normalized spacial score (nSPS) is 15.0. The van der Waals surface area contributed by atoms with Gasteiger partial charge in [-0.1, -0.05) is 44.0 Å². The molecule has 32 heavy (non-hydrogen) atoms. The summed E-state index contributed by atoms with van der Waals surface area (Å²) in [5.41, 5.74) is 5.22. The van der Waals surface area contributed by atoms with Crippen molar-refractivity contribution >= 4 is 17.5 Å². The fourth-order valence-electron chi connectivity index (χ4n) is 3.57. The molecule has 4 rings (SSSR count). The van der Waals surface area contributed by atoms with E-state index in [0.29, 0.717) is 17.7 Å². The average molecular weight is 431 g/mol. The van der Waals surface area contributed by atoms with Crippen molar-refractivity contribution in [1.82, 2.24) is 15.4 Å². The zero-order valence-electron chi connectivity index (χ0n) is 18.0. The van der Waals surface area contributed by atoms with Crippen LogP contribution < -0.4 is 15.5 Å². The fraction of sp³-hybridized carbons (Fsp3) is 0.240. The van der Waals surface area contributed by atoms with E-state index in [1.54, 1.807) is 24.3 Å². The van der Waals surface area contributed by atoms with Crippen LogP contribution in [0.25, 0.3) is 0 Å². The average Bonchev–Trinajstić information content (AvgIpc) is 2.84. The molecule has 0 radical (unpaired) electrons. The minimum Gasteiger partial charge on any atom is -0.494 e. The number of carbonyl (C=O) groups excluding carboxylic acids is 2. The molecule has 0 saturated carbocycles. The van der Waals surface area contributed by atoms with Crippen molar-refractivity contribution in [3.8, 4) is 5.75 Å². The highest BCUT2D eigenvalue weighted by Gasteiger charge is 2.34. The van der Waals surface area contributed by atoms with Gasteiger partial charge in [0.2, 0.25) is 0 Å². The molecule has 1 aliphatic rings. The molecule has 2 heterocycles. The van der Waals surface area contributed by atoms with E-state index in [9.17, 15) is 9.59 Å². The maximum absolute atomic E-state index is 13.3. The van der Waals surface area contributed by atoms with Gasteiger partial charge in [-0.15, -0.1) is 0 Å². The quantitative estimate of drug-likeness (QED) is 0.512. The second-order valence-corrected chi connectivity index (χ2v) is 7.57. The van der Waals surface area contributed by atoms with Gasteiger partial charge in [-0.05, 0) is 48.4 Å². The number of carbonyl (C=O) groups is 2. The van der Waals surface area contributed by atoms with Crippen LogP contribution in [0.2, 0.25) is 0 Å². The molecule has 0 spiro atoms. The van der Waals surface area contributed by atoms with E-state index in [4.69, 9.17) is 4.74 Å². The highest BCUT2D eigenvalue weighted by Crippen LogP contribution is 2.32. The Kier molecular flexibility index (Phi) is 6.65. The summed E-state index contributed by atoms with van der Waals surface area (Å²) in [6.07, 6.45) is 5.80. The maximum Gasteiger partial charge on any atom is 0.276 e. The van der Waals surface area contributed by atoms with Gasteiger partial charge in [-0.3, -0.25) is 20.0 Å². The van der Waals surface area contributed by atoms with Crippen molar-refractivity contribution < 1.29 is 14.3 Å². The van der Waals surface area contributed by atoms with Crippen LogP contribution in [0, 0.1) is 0 Å². The predicted octanol–water partition coefficient (Wildman–Crippen LogP) is 4.56. The lowest BCUT2D eigenvalue weighted by Gasteiger charge is -2.37. The first kappa shape index (κ1) is 21.4. The van der Waals surface area contributed by atoms with Crippen molar-refractivity contribution in [2.24, 2.45) is 0 Å². The molecular formula is C25H26N4O3. The molecule has 1 aliphatic heterocycles. The first-order chi connectivity index (χ1) is 15.7. The van der Waals surface area contributed by atoms with Crippen LogP contribution in [0.15, 0.2) is 73.1 Å². The van der Waals surface area contributed by atoms with Crippen molar-refractivity contribution in [2.45, 2.75) is 32.4 Å². The zero-order valence-corrected chi connectivity index (χ0v) is 18.0. The van der Waals surface area contributed by atoms with Gasteiger partial charge < -0.3 is 10.1 Å². The molecule has 1 atom stereocenters. The number of amides is 2. The molecule has 2 amide bonds. The number of nitrogens with one attached hydrogen (secondary N) is 2. The Morgan fingerprint density at radius 1 is 1.06 bits per heavy atom. The van der Waals surface area contributed by atoms with Gasteiger partial charge in [-0.25, -0.2) is 5.01 Å². The van der Waals surface area contributed by atoms with E-state index >= 15 is 0 Å². The number of pyridine rings is 1. The van der Waals surface area contributed by atoms with E-state index < -0.39 is 6.17 Å². The van der Waals surface area contributed by atoms with Crippen LogP contribution >= 0.6 is 0 Å². The van der Waals surface area contributed by atoms with E-state index in [-0.39, 0.29) is 11.8 Å². The minimum atomic E-state index is -0.572. The Hall–Kier alpha value is -3.87. The Morgan fingerprint density at radius 3 is 2.56 bits per heavy atom. The molecule has 2 aromatic carbocycles. The number of hydrazine groups is 1. The summed E-state index contributed by atoms with van der Waals surface area (Å²) in [7, 11) is 0. The molecule has 1 aromatic heterocycles. The zero-order chi connectivity index (χ0) is 22.3. The van der Waals surface area contributed by atoms with Crippen molar-refractivity contribution in [3.63, 3.8) is 0 Å². The van der Waals surface area contributed by atoms with Crippen molar-refractivity contribution in [2.75, 3.05) is 11.9 Å². The first-order valence-corrected chi connectivity index (χ1v) is 10.8. The summed E-state index contributed by atoms with van der Waals surface area (Å²) in [5.74, 6) is 0.106. The van der Waals surface area contributed by atoms with Crippen LogP contribution in [0.1, 0.15) is 58.6 Å². The molecule has 1 unspecified atom stereocenters. The van der Waals surface area contributed by atoms with E-state index in [1.165, 1.54) is 17.4 Å². The third-order valence-corrected chi connectivity index (χ3v) is 5.30. The smallest absolute Gasteiger partial charge is 0.276 e. The third-order valence-electron chi connectivity index (χ3n) is 5.30. The van der Waals surface area contributed by atoms with E-state index in [2.05, 4.69) is 22.7 Å². The van der Waals surface area contributed by atoms with Gasteiger partial charge in [-0.2, -0.15) is 0 Å². The Labute approximate surface area is 187 Å². The van der Waals surface area contributed by atoms with Crippen LogP contribution in [0.3, 0.4) is 0 Å². The number of fused-ring (bicyclic) bond motifs is 1. The lowest BCUT2D eigenvalue weighted by Crippen LogP contribution is -2.52. The number of ether oxygens (including phenoxy) is 1. The van der Waals surface area contributed by atoms with Crippen LogP contribution in [-0.4, -0.2) is 28.4 Å². The summed E-state index contributed by atoms with van der Waals surface area (Å²) < 4.78 is 5.80. The standard InChI is InChI=1S/C25H26N4O3/c1-2-3-6-17-32-20-11-9-18(10-12-20)23-27-22-8-5-4-7-21(22)25(31)29(23)28-24(30)19-13-15-26-16-14-19/h4-5,7-16,23,27H,2-3,6,17H2,1H3,(H,28,30). The molecule has 7 nitrogen and oxygen atoms in total. The van der Waals surface area contributed by atoms with Crippen molar-refractivity contribution in [3.05, 3.63) is 89.7 Å². The second-order valence-electron chi connectivity index (χ2n) is 7.57. The number of anilines is 1. The summed E-state index contributed by atoms with van der Waals surface area (Å²) in [5, 5.41) is 4.70.